The molecule has 0 amide bonds. The molecule has 0 fully saturated rings. The topological polar surface area (TPSA) is 15.3 Å². The summed E-state index contributed by atoms with van der Waals surface area (Å²) in [6.07, 6.45) is 0. The molecule has 1 aliphatic rings. The lowest BCUT2D eigenvalue weighted by Gasteiger charge is -2.22. The molecule has 4 heteroatoms. The number of benzene rings is 2. The van der Waals surface area contributed by atoms with Gasteiger partial charge in [0.05, 0.1) is 6.04 Å². The van der Waals surface area contributed by atoms with Gasteiger partial charge in [-0.3, -0.25) is 0 Å². The van der Waals surface area contributed by atoms with Crippen LogP contribution in [0, 0.1) is 5.82 Å². The molecule has 1 unspecified atom stereocenters. The number of likely N-dealkylation sites (N-methyl/N-ethyl adjacent to an activating group) is 1. The summed E-state index contributed by atoms with van der Waals surface area (Å²) in [5.41, 5.74) is 2.77. The fraction of sp³-hybridized carbons (Fsp3) is 0.250. The summed E-state index contributed by atoms with van der Waals surface area (Å²) >= 11 is 6.13. The molecule has 0 bridgehead atoms. The average molecular weight is 291 g/mol. The Balaban J connectivity index is 2.15. The van der Waals surface area contributed by atoms with Gasteiger partial charge in [-0.15, -0.1) is 0 Å². The largest absolute Gasteiger partial charge is 0.373 e. The minimum absolute atomic E-state index is 0.171. The van der Waals surface area contributed by atoms with Crippen LogP contribution in [0.4, 0.5) is 10.1 Å². The van der Waals surface area contributed by atoms with Gasteiger partial charge < -0.3 is 10.2 Å². The third-order valence-electron chi connectivity index (χ3n) is 3.72. The summed E-state index contributed by atoms with van der Waals surface area (Å²) in [5.74, 6) is -0.194. The Hall–Kier alpha value is -1.58. The number of fused-ring (bicyclic) bond motifs is 1. The first kappa shape index (κ1) is 13.4. The lowest BCUT2D eigenvalue weighted by Crippen LogP contribution is -2.27. The number of nitrogens with zero attached hydrogens (tertiary/aromatic N) is 1. The molecule has 0 radical (unpaired) electrons. The van der Waals surface area contributed by atoms with E-state index in [0.29, 0.717) is 10.6 Å². The van der Waals surface area contributed by atoms with E-state index in [-0.39, 0.29) is 11.9 Å². The smallest absolute Gasteiger partial charge is 0.128 e. The molecule has 2 aromatic rings. The number of rotatable bonds is 1. The predicted molar refractivity (Wildman–Crippen MR) is 81.0 cm³/mol. The van der Waals surface area contributed by atoms with E-state index in [0.717, 1.165) is 24.3 Å². The van der Waals surface area contributed by atoms with Gasteiger partial charge in [0, 0.05) is 36.4 Å². The van der Waals surface area contributed by atoms with E-state index in [9.17, 15) is 4.39 Å². The van der Waals surface area contributed by atoms with Crippen LogP contribution >= 0.6 is 11.6 Å². The van der Waals surface area contributed by atoms with Gasteiger partial charge in [-0.1, -0.05) is 29.8 Å². The van der Waals surface area contributed by atoms with Gasteiger partial charge >= 0.3 is 0 Å². The first-order valence-electron chi connectivity index (χ1n) is 6.65. The van der Waals surface area contributed by atoms with Gasteiger partial charge in [-0.2, -0.15) is 0 Å². The van der Waals surface area contributed by atoms with Crippen LogP contribution in [-0.2, 0) is 0 Å². The summed E-state index contributed by atoms with van der Waals surface area (Å²) in [4.78, 5) is 2.17. The second-order valence-corrected chi connectivity index (χ2v) is 5.47. The van der Waals surface area contributed by atoms with Crippen molar-refractivity contribution in [1.82, 2.24) is 5.32 Å². The van der Waals surface area contributed by atoms with E-state index >= 15 is 0 Å². The highest BCUT2D eigenvalue weighted by Crippen LogP contribution is 2.34. The third-order valence-corrected chi connectivity index (χ3v) is 3.96. The molecular weight excluding hydrogens is 275 g/mol. The molecule has 0 saturated heterocycles. The average Bonchev–Trinajstić information content (AvgIpc) is 2.59. The highest BCUT2D eigenvalue weighted by atomic mass is 35.5. The lowest BCUT2D eigenvalue weighted by molar-refractivity contribution is 0.559. The number of hydrogen-bond donors (Lipinski definition) is 1. The normalized spacial score (nSPS) is 18.6. The molecule has 1 N–H and O–H groups in total. The maximum atomic E-state index is 14.1. The van der Waals surface area contributed by atoms with Crippen molar-refractivity contribution in [2.45, 2.75) is 6.04 Å². The first-order chi connectivity index (χ1) is 9.66. The molecule has 104 valence electrons. The van der Waals surface area contributed by atoms with Gasteiger partial charge in [-0.25, -0.2) is 4.39 Å². The quantitative estimate of drug-likeness (QED) is 0.863. The number of anilines is 1. The summed E-state index contributed by atoms with van der Waals surface area (Å²) in [6, 6.07) is 12.5. The molecule has 2 aromatic carbocycles. The number of nitrogens with one attached hydrogen (secondary N) is 1. The molecule has 20 heavy (non-hydrogen) atoms. The van der Waals surface area contributed by atoms with Crippen LogP contribution in [-0.4, -0.2) is 20.1 Å². The van der Waals surface area contributed by atoms with Crippen molar-refractivity contribution in [3.8, 4) is 0 Å². The SMILES string of the molecule is CN1CCNC(c2ccccc2F)c2cc(Cl)ccc21. The maximum Gasteiger partial charge on any atom is 0.128 e. The van der Waals surface area contributed by atoms with Crippen LogP contribution in [0.2, 0.25) is 5.02 Å². The molecule has 1 atom stereocenters. The van der Waals surface area contributed by atoms with Crippen molar-refractivity contribution >= 4 is 17.3 Å². The van der Waals surface area contributed by atoms with Crippen molar-refractivity contribution in [3.63, 3.8) is 0 Å². The highest BCUT2D eigenvalue weighted by molar-refractivity contribution is 6.30. The van der Waals surface area contributed by atoms with Crippen LogP contribution in [0.15, 0.2) is 42.5 Å². The van der Waals surface area contributed by atoms with E-state index < -0.39 is 0 Å². The van der Waals surface area contributed by atoms with Crippen LogP contribution in [0.5, 0.6) is 0 Å². The monoisotopic (exact) mass is 290 g/mol. The Morgan fingerprint density at radius 3 is 2.80 bits per heavy atom. The molecule has 0 aromatic heterocycles. The number of hydrogen-bond acceptors (Lipinski definition) is 2. The summed E-state index contributed by atoms with van der Waals surface area (Å²) in [6.45, 7) is 1.67. The van der Waals surface area contributed by atoms with E-state index in [1.807, 2.05) is 37.4 Å². The van der Waals surface area contributed by atoms with Gasteiger partial charge in [0.2, 0.25) is 0 Å². The van der Waals surface area contributed by atoms with Crippen molar-refractivity contribution < 1.29 is 4.39 Å². The third kappa shape index (κ3) is 2.39. The molecule has 1 heterocycles. The molecule has 2 nitrogen and oxygen atoms in total. The van der Waals surface area contributed by atoms with Crippen LogP contribution in [0.1, 0.15) is 17.2 Å². The molecule has 0 spiro atoms. The van der Waals surface area contributed by atoms with E-state index in [1.165, 1.54) is 6.07 Å². The Kier molecular flexibility index (Phi) is 3.64. The van der Waals surface area contributed by atoms with Gasteiger partial charge in [0.25, 0.3) is 0 Å². The first-order valence-corrected chi connectivity index (χ1v) is 7.03. The Labute approximate surface area is 123 Å². The zero-order chi connectivity index (χ0) is 14.1. The second kappa shape index (κ2) is 5.43. The minimum atomic E-state index is -0.194. The fourth-order valence-corrected chi connectivity index (χ4v) is 2.88. The predicted octanol–water partition coefficient (Wildman–Crippen LogP) is 3.61. The zero-order valence-corrected chi connectivity index (χ0v) is 12.0. The van der Waals surface area contributed by atoms with Crippen molar-refractivity contribution in [2.75, 3.05) is 25.0 Å². The van der Waals surface area contributed by atoms with E-state index in [4.69, 9.17) is 11.6 Å². The zero-order valence-electron chi connectivity index (χ0n) is 11.2. The van der Waals surface area contributed by atoms with Gasteiger partial charge in [0.1, 0.15) is 5.82 Å². The van der Waals surface area contributed by atoms with Gasteiger partial charge in [0.15, 0.2) is 0 Å². The summed E-state index contributed by atoms with van der Waals surface area (Å²) < 4.78 is 14.1. The van der Waals surface area contributed by atoms with Gasteiger partial charge in [-0.05, 0) is 29.8 Å². The minimum Gasteiger partial charge on any atom is -0.373 e. The molecule has 0 aliphatic carbocycles. The second-order valence-electron chi connectivity index (χ2n) is 5.03. The molecule has 3 rings (SSSR count). The van der Waals surface area contributed by atoms with E-state index in [2.05, 4.69) is 10.2 Å². The molecular formula is C16H16ClFN2. The highest BCUT2D eigenvalue weighted by Gasteiger charge is 2.24. The standard InChI is InChI=1S/C16H16ClFN2/c1-20-9-8-19-16(12-4-2-3-5-14(12)18)13-10-11(17)6-7-15(13)20/h2-7,10,16,19H,8-9H2,1H3. The summed E-state index contributed by atoms with van der Waals surface area (Å²) in [7, 11) is 2.04. The van der Waals surface area contributed by atoms with Crippen molar-refractivity contribution in [2.24, 2.45) is 0 Å². The Morgan fingerprint density at radius 2 is 2.00 bits per heavy atom. The van der Waals surface area contributed by atoms with E-state index in [1.54, 1.807) is 6.07 Å². The Bertz CT molecular complexity index is 630. The summed E-state index contributed by atoms with van der Waals surface area (Å²) in [5, 5.41) is 4.08. The molecule has 0 saturated carbocycles. The fourth-order valence-electron chi connectivity index (χ4n) is 2.70. The number of halogens is 2. The molecule has 1 aliphatic heterocycles. The lowest BCUT2D eigenvalue weighted by atomic mass is 9.97. The van der Waals surface area contributed by atoms with Crippen molar-refractivity contribution in [3.05, 3.63) is 64.4 Å². The van der Waals surface area contributed by atoms with Crippen molar-refractivity contribution in [1.29, 1.82) is 0 Å². The van der Waals surface area contributed by atoms with Crippen LogP contribution in [0.3, 0.4) is 0 Å². The Morgan fingerprint density at radius 1 is 1.20 bits per heavy atom. The maximum absolute atomic E-state index is 14.1. The van der Waals surface area contributed by atoms with Crippen LogP contribution in [0.25, 0.3) is 0 Å². The van der Waals surface area contributed by atoms with Crippen LogP contribution < -0.4 is 10.2 Å².